The average molecular weight is 496 g/mol. The number of hydrogen-bond donors (Lipinski definition) is 1. The van der Waals surface area contributed by atoms with Gasteiger partial charge in [0.25, 0.3) is 11.5 Å². The highest BCUT2D eigenvalue weighted by molar-refractivity contribution is 7.15. The molecule has 180 valence electrons. The quantitative estimate of drug-likeness (QED) is 0.387. The molecule has 0 unspecified atom stereocenters. The van der Waals surface area contributed by atoms with Crippen molar-refractivity contribution in [1.29, 1.82) is 0 Å². The van der Waals surface area contributed by atoms with Crippen LogP contribution in [0, 0.1) is 0 Å². The molecular formula is C24H21N3O7S. The minimum absolute atomic E-state index is 0.0280. The van der Waals surface area contributed by atoms with Crippen molar-refractivity contribution >= 4 is 33.9 Å². The van der Waals surface area contributed by atoms with Crippen molar-refractivity contribution in [1.82, 2.24) is 9.38 Å². The van der Waals surface area contributed by atoms with Crippen LogP contribution in [0.25, 0.3) is 16.2 Å². The number of esters is 1. The Kier molecular flexibility index (Phi) is 6.69. The van der Waals surface area contributed by atoms with Gasteiger partial charge < -0.3 is 24.3 Å². The second-order valence-corrected chi connectivity index (χ2v) is 7.98. The normalized spacial score (nSPS) is 10.6. The molecule has 2 aromatic carbocycles. The fourth-order valence-electron chi connectivity index (χ4n) is 3.48. The Morgan fingerprint density at radius 1 is 0.971 bits per heavy atom. The van der Waals surface area contributed by atoms with E-state index in [4.69, 9.17) is 18.9 Å². The first-order valence-corrected chi connectivity index (χ1v) is 11.1. The van der Waals surface area contributed by atoms with E-state index >= 15 is 0 Å². The number of nitrogens with zero attached hydrogens (tertiary/aromatic N) is 2. The van der Waals surface area contributed by atoms with Crippen LogP contribution in [-0.4, -0.2) is 49.7 Å². The van der Waals surface area contributed by atoms with Crippen molar-refractivity contribution in [2.75, 3.05) is 33.8 Å². The van der Waals surface area contributed by atoms with Gasteiger partial charge >= 0.3 is 5.97 Å². The third kappa shape index (κ3) is 4.41. The van der Waals surface area contributed by atoms with Gasteiger partial charge in [-0.2, -0.15) is 0 Å². The highest BCUT2D eigenvalue weighted by atomic mass is 32.1. The molecule has 2 heterocycles. The zero-order chi connectivity index (χ0) is 25.1. The lowest BCUT2D eigenvalue weighted by molar-refractivity contribution is 0.0601. The summed E-state index contributed by atoms with van der Waals surface area (Å²) in [5.41, 5.74) is 0.632. The van der Waals surface area contributed by atoms with Crippen molar-refractivity contribution in [2.24, 2.45) is 0 Å². The van der Waals surface area contributed by atoms with Gasteiger partial charge in [-0.15, -0.1) is 11.3 Å². The predicted octanol–water partition coefficient (Wildman–Crippen LogP) is 3.49. The van der Waals surface area contributed by atoms with Crippen LogP contribution in [0.3, 0.4) is 0 Å². The number of fused-ring (bicyclic) bond motifs is 1. The molecule has 35 heavy (non-hydrogen) atoms. The van der Waals surface area contributed by atoms with E-state index in [-0.39, 0.29) is 28.3 Å². The summed E-state index contributed by atoms with van der Waals surface area (Å²) in [7, 11) is 5.60. The lowest BCUT2D eigenvalue weighted by Gasteiger charge is -2.14. The first-order chi connectivity index (χ1) is 16.9. The van der Waals surface area contributed by atoms with E-state index in [0.29, 0.717) is 16.4 Å². The molecule has 0 aliphatic heterocycles. The third-order valence-electron chi connectivity index (χ3n) is 5.23. The predicted molar refractivity (Wildman–Crippen MR) is 130 cm³/mol. The standard InChI is InChI=1S/C24H21N3O7S/c1-31-14-7-5-6-13(8-14)18-12-35-24-25-11-16(22(29)27(18)24)21(28)26-17-10-20(33-3)19(32-2)9-15(17)23(30)34-4/h5-12H,1-4H3,(H,26,28). The molecule has 0 atom stereocenters. The van der Waals surface area contributed by atoms with Crippen LogP contribution >= 0.6 is 11.3 Å². The maximum atomic E-state index is 13.4. The lowest BCUT2D eigenvalue weighted by atomic mass is 10.1. The van der Waals surface area contributed by atoms with E-state index in [2.05, 4.69) is 10.3 Å². The van der Waals surface area contributed by atoms with Crippen LogP contribution in [0.5, 0.6) is 17.2 Å². The number of nitrogens with one attached hydrogen (secondary N) is 1. The van der Waals surface area contributed by atoms with E-state index in [0.717, 1.165) is 5.56 Å². The first-order valence-electron chi connectivity index (χ1n) is 10.2. The van der Waals surface area contributed by atoms with Crippen LogP contribution < -0.4 is 25.1 Å². The number of benzene rings is 2. The minimum atomic E-state index is -0.753. The second kappa shape index (κ2) is 9.85. The SMILES string of the molecule is COC(=O)c1cc(OC)c(OC)cc1NC(=O)c1cnc2scc(-c3cccc(OC)c3)n2c1=O. The van der Waals surface area contributed by atoms with Crippen LogP contribution in [0.4, 0.5) is 5.69 Å². The minimum Gasteiger partial charge on any atom is -0.497 e. The number of anilines is 1. The highest BCUT2D eigenvalue weighted by Gasteiger charge is 2.22. The van der Waals surface area contributed by atoms with E-state index in [1.807, 2.05) is 6.07 Å². The van der Waals surface area contributed by atoms with Gasteiger partial charge in [0.1, 0.15) is 11.3 Å². The molecule has 0 saturated heterocycles. The summed E-state index contributed by atoms with van der Waals surface area (Å²) in [5.74, 6) is -0.281. The smallest absolute Gasteiger partial charge is 0.340 e. The summed E-state index contributed by atoms with van der Waals surface area (Å²) in [4.78, 5) is 43.6. The summed E-state index contributed by atoms with van der Waals surface area (Å²) < 4.78 is 22.0. The van der Waals surface area contributed by atoms with Crippen LogP contribution in [0.1, 0.15) is 20.7 Å². The Balaban J connectivity index is 1.78. The van der Waals surface area contributed by atoms with Gasteiger partial charge in [-0.1, -0.05) is 12.1 Å². The van der Waals surface area contributed by atoms with Crippen molar-refractivity contribution in [2.45, 2.75) is 0 Å². The Bertz CT molecular complexity index is 1490. The fraction of sp³-hybridized carbons (Fsp3) is 0.167. The van der Waals surface area contributed by atoms with Gasteiger partial charge in [-0.05, 0) is 12.1 Å². The molecular weight excluding hydrogens is 474 g/mol. The van der Waals surface area contributed by atoms with Gasteiger partial charge in [0.05, 0.1) is 45.4 Å². The number of amides is 1. The van der Waals surface area contributed by atoms with Crippen molar-refractivity contribution in [3.8, 4) is 28.5 Å². The number of hydrogen-bond acceptors (Lipinski definition) is 9. The number of methoxy groups -OCH3 is 4. The fourth-order valence-corrected chi connectivity index (χ4v) is 4.34. The molecule has 0 aliphatic rings. The molecule has 0 bridgehead atoms. The molecule has 0 spiro atoms. The Morgan fingerprint density at radius 2 is 1.71 bits per heavy atom. The summed E-state index contributed by atoms with van der Waals surface area (Å²) in [6.45, 7) is 0. The molecule has 0 fully saturated rings. The molecule has 11 heteroatoms. The largest absolute Gasteiger partial charge is 0.497 e. The molecule has 1 amide bonds. The number of thiazole rings is 1. The second-order valence-electron chi connectivity index (χ2n) is 7.15. The zero-order valence-electron chi connectivity index (χ0n) is 19.3. The average Bonchev–Trinajstić information content (AvgIpc) is 3.33. The van der Waals surface area contributed by atoms with Crippen molar-refractivity contribution in [3.05, 3.63) is 69.5 Å². The van der Waals surface area contributed by atoms with Crippen molar-refractivity contribution < 1.29 is 28.5 Å². The molecule has 10 nitrogen and oxygen atoms in total. The summed E-state index contributed by atoms with van der Waals surface area (Å²) >= 11 is 1.27. The highest BCUT2D eigenvalue weighted by Crippen LogP contribution is 2.34. The Labute approximate surface area is 203 Å². The molecule has 0 aliphatic carbocycles. The van der Waals surface area contributed by atoms with E-state index in [9.17, 15) is 14.4 Å². The lowest BCUT2D eigenvalue weighted by Crippen LogP contribution is -2.27. The van der Waals surface area contributed by atoms with E-state index in [1.165, 1.54) is 55.4 Å². The van der Waals surface area contributed by atoms with Gasteiger partial charge in [0.15, 0.2) is 16.5 Å². The molecule has 0 radical (unpaired) electrons. The maximum absolute atomic E-state index is 13.4. The van der Waals surface area contributed by atoms with E-state index < -0.39 is 17.4 Å². The van der Waals surface area contributed by atoms with Crippen LogP contribution in [-0.2, 0) is 4.74 Å². The monoisotopic (exact) mass is 495 g/mol. The number of carbonyl (C=O) groups excluding carboxylic acids is 2. The van der Waals surface area contributed by atoms with Crippen molar-refractivity contribution in [3.63, 3.8) is 0 Å². The molecule has 0 saturated carbocycles. The molecule has 4 rings (SSSR count). The Hall–Kier alpha value is -4.38. The van der Waals surface area contributed by atoms with E-state index in [1.54, 1.807) is 30.7 Å². The Morgan fingerprint density at radius 3 is 2.40 bits per heavy atom. The maximum Gasteiger partial charge on any atom is 0.340 e. The zero-order valence-corrected chi connectivity index (χ0v) is 20.1. The molecule has 2 aromatic heterocycles. The van der Waals surface area contributed by atoms with Crippen LogP contribution in [0.2, 0.25) is 0 Å². The first kappa shape index (κ1) is 23.8. The summed E-state index contributed by atoms with van der Waals surface area (Å²) in [6, 6.07) is 10.0. The van der Waals surface area contributed by atoms with Gasteiger partial charge in [-0.3, -0.25) is 14.0 Å². The number of carbonyl (C=O) groups is 2. The molecule has 1 N–H and O–H groups in total. The van der Waals surface area contributed by atoms with Gasteiger partial charge in [0.2, 0.25) is 0 Å². The number of rotatable bonds is 7. The number of aromatic nitrogens is 2. The van der Waals surface area contributed by atoms with Gasteiger partial charge in [-0.25, -0.2) is 9.78 Å². The van der Waals surface area contributed by atoms with Gasteiger partial charge in [0, 0.05) is 29.3 Å². The molecule has 4 aromatic rings. The summed E-state index contributed by atoms with van der Waals surface area (Å²) in [6.07, 6.45) is 1.21. The topological polar surface area (TPSA) is 117 Å². The third-order valence-corrected chi connectivity index (χ3v) is 6.07. The number of ether oxygens (including phenoxy) is 4. The van der Waals surface area contributed by atoms with Crippen LogP contribution in [0.15, 0.2) is 52.8 Å². The summed E-state index contributed by atoms with van der Waals surface area (Å²) in [5, 5.41) is 4.38.